The molecule has 0 aliphatic heterocycles. The van der Waals surface area contributed by atoms with Crippen molar-refractivity contribution >= 4 is 0 Å². The number of halogens is 3. The molecule has 2 rings (SSSR count). The van der Waals surface area contributed by atoms with Crippen molar-refractivity contribution in [3.05, 3.63) is 83.7 Å². The second-order valence-electron chi connectivity index (χ2n) is 3.91. The number of benzene rings is 2. The maximum absolute atomic E-state index is 13.7. The summed E-state index contributed by atoms with van der Waals surface area (Å²) >= 11 is 0. The molecule has 1 atom stereocenters. The Kier molecular flexibility index (Phi) is 3.51. The van der Waals surface area contributed by atoms with Crippen LogP contribution in [0.2, 0.25) is 0 Å². The molecule has 18 heavy (non-hydrogen) atoms. The highest BCUT2D eigenvalue weighted by Crippen LogP contribution is 2.30. The lowest BCUT2D eigenvalue weighted by molar-refractivity contribution is 0.522. The Labute approximate surface area is 103 Å². The van der Waals surface area contributed by atoms with Crippen molar-refractivity contribution in [1.82, 2.24) is 0 Å². The van der Waals surface area contributed by atoms with Gasteiger partial charge in [0.25, 0.3) is 0 Å². The Morgan fingerprint density at radius 3 is 2.00 bits per heavy atom. The molecule has 0 aromatic heterocycles. The van der Waals surface area contributed by atoms with Gasteiger partial charge in [-0.2, -0.15) is 0 Å². The molecule has 0 aliphatic rings. The van der Waals surface area contributed by atoms with Crippen LogP contribution in [0.1, 0.15) is 17.0 Å². The van der Waals surface area contributed by atoms with Gasteiger partial charge >= 0.3 is 0 Å². The van der Waals surface area contributed by atoms with Gasteiger partial charge < -0.3 is 0 Å². The summed E-state index contributed by atoms with van der Waals surface area (Å²) in [4.78, 5) is 0. The van der Waals surface area contributed by atoms with E-state index < -0.39 is 23.4 Å². The summed E-state index contributed by atoms with van der Waals surface area (Å²) in [6.07, 6.45) is 1.44. The van der Waals surface area contributed by atoms with Gasteiger partial charge in [0, 0.05) is 23.6 Å². The quantitative estimate of drug-likeness (QED) is 0.705. The molecule has 0 spiro atoms. The second-order valence-corrected chi connectivity index (χ2v) is 3.91. The van der Waals surface area contributed by atoms with Crippen molar-refractivity contribution in [3.8, 4) is 0 Å². The van der Waals surface area contributed by atoms with Crippen LogP contribution < -0.4 is 0 Å². The molecule has 0 N–H and O–H groups in total. The zero-order valence-electron chi connectivity index (χ0n) is 9.54. The Morgan fingerprint density at radius 1 is 0.944 bits per heavy atom. The summed E-state index contributed by atoms with van der Waals surface area (Å²) in [6.45, 7) is 3.59. The topological polar surface area (TPSA) is 0 Å². The van der Waals surface area contributed by atoms with Gasteiger partial charge in [-0.05, 0) is 5.56 Å². The first-order valence-corrected chi connectivity index (χ1v) is 5.45. The summed E-state index contributed by atoms with van der Waals surface area (Å²) in [5.74, 6) is -3.36. The largest absolute Gasteiger partial charge is 0.207 e. The normalized spacial score (nSPS) is 12.2. The van der Waals surface area contributed by atoms with Crippen LogP contribution in [0.15, 0.2) is 55.1 Å². The van der Waals surface area contributed by atoms with Crippen molar-refractivity contribution in [1.29, 1.82) is 0 Å². The first kappa shape index (κ1) is 12.4. The molecule has 0 saturated heterocycles. The molecular formula is C15H11F3. The minimum atomic E-state index is -0.926. The summed E-state index contributed by atoms with van der Waals surface area (Å²) in [6, 6.07) is 10.2. The lowest BCUT2D eigenvalue weighted by Crippen LogP contribution is -2.05. The van der Waals surface area contributed by atoms with Gasteiger partial charge in [0.15, 0.2) is 0 Å². The van der Waals surface area contributed by atoms with Gasteiger partial charge in [-0.25, -0.2) is 13.2 Å². The molecule has 0 nitrogen and oxygen atoms in total. The third kappa shape index (κ3) is 2.30. The van der Waals surface area contributed by atoms with Crippen LogP contribution in [0, 0.1) is 17.5 Å². The predicted molar refractivity (Wildman–Crippen MR) is 64.8 cm³/mol. The van der Waals surface area contributed by atoms with Crippen LogP contribution in [0.25, 0.3) is 0 Å². The Hall–Kier alpha value is -2.03. The molecule has 0 amide bonds. The highest BCUT2D eigenvalue weighted by atomic mass is 19.1. The predicted octanol–water partition coefficient (Wildman–Crippen LogP) is 4.42. The maximum atomic E-state index is 13.7. The number of hydrogen-bond acceptors (Lipinski definition) is 0. The van der Waals surface area contributed by atoms with Gasteiger partial charge in [0.2, 0.25) is 0 Å². The zero-order valence-corrected chi connectivity index (χ0v) is 9.54. The summed E-state index contributed by atoms with van der Waals surface area (Å²) in [5.41, 5.74) is 0.523. The summed E-state index contributed by atoms with van der Waals surface area (Å²) in [7, 11) is 0. The monoisotopic (exact) mass is 248 g/mol. The van der Waals surface area contributed by atoms with E-state index in [0.717, 1.165) is 0 Å². The Morgan fingerprint density at radius 2 is 1.50 bits per heavy atom. The molecule has 0 fully saturated rings. The van der Waals surface area contributed by atoms with Gasteiger partial charge in [0.1, 0.15) is 17.5 Å². The maximum Gasteiger partial charge on any atom is 0.133 e. The van der Waals surface area contributed by atoms with Crippen molar-refractivity contribution in [3.63, 3.8) is 0 Å². The molecule has 0 unspecified atom stereocenters. The molecule has 0 heterocycles. The van der Waals surface area contributed by atoms with Crippen LogP contribution in [0.4, 0.5) is 13.2 Å². The van der Waals surface area contributed by atoms with E-state index in [4.69, 9.17) is 0 Å². The van der Waals surface area contributed by atoms with Gasteiger partial charge in [-0.3, -0.25) is 0 Å². The van der Waals surface area contributed by atoms with Gasteiger partial charge in [-0.1, -0.05) is 36.4 Å². The van der Waals surface area contributed by atoms with E-state index in [1.54, 1.807) is 30.3 Å². The average Bonchev–Trinajstić information content (AvgIpc) is 2.34. The first-order chi connectivity index (χ1) is 8.63. The van der Waals surface area contributed by atoms with Crippen molar-refractivity contribution < 1.29 is 13.2 Å². The lowest BCUT2D eigenvalue weighted by Gasteiger charge is -2.15. The van der Waals surface area contributed by atoms with Crippen LogP contribution in [-0.4, -0.2) is 0 Å². The van der Waals surface area contributed by atoms with Crippen LogP contribution >= 0.6 is 0 Å². The minimum absolute atomic E-state index is 0.183. The van der Waals surface area contributed by atoms with E-state index >= 15 is 0 Å². The highest BCUT2D eigenvalue weighted by Gasteiger charge is 2.20. The number of allylic oxidation sites excluding steroid dienone is 1. The van der Waals surface area contributed by atoms with Crippen LogP contribution in [0.3, 0.4) is 0 Å². The van der Waals surface area contributed by atoms with Crippen LogP contribution in [0.5, 0.6) is 0 Å². The third-order valence-electron chi connectivity index (χ3n) is 2.75. The smallest absolute Gasteiger partial charge is 0.133 e. The number of rotatable bonds is 3. The van der Waals surface area contributed by atoms with Crippen molar-refractivity contribution in [2.24, 2.45) is 0 Å². The average molecular weight is 248 g/mol. The van der Waals surface area contributed by atoms with E-state index in [1.807, 2.05) is 0 Å². The molecule has 92 valence electrons. The van der Waals surface area contributed by atoms with E-state index in [1.165, 1.54) is 6.08 Å². The second kappa shape index (κ2) is 5.08. The minimum Gasteiger partial charge on any atom is -0.207 e. The molecular weight excluding hydrogens is 237 g/mol. The van der Waals surface area contributed by atoms with Gasteiger partial charge in [-0.15, -0.1) is 6.58 Å². The summed E-state index contributed by atoms with van der Waals surface area (Å²) in [5, 5.41) is 0. The molecule has 2 aromatic rings. The lowest BCUT2D eigenvalue weighted by atomic mass is 9.90. The molecule has 3 heteroatoms. The first-order valence-electron chi connectivity index (χ1n) is 5.45. The fourth-order valence-electron chi connectivity index (χ4n) is 1.93. The fraction of sp³-hybridized carbons (Fsp3) is 0.0667. The van der Waals surface area contributed by atoms with Crippen molar-refractivity contribution in [2.75, 3.05) is 0 Å². The molecule has 0 bridgehead atoms. The molecule has 0 aliphatic carbocycles. The fourth-order valence-corrected chi connectivity index (χ4v) is 1.93. The SMILES string of the molecule is C=C[C@@H](c1ccccc1)c1c(F)cc(F)cc1F. The van der Waals surface area contributed by atoms with Gasteiger partial charge in [0.05, 0.1) is 0 Å². The standard InChI is InChI=1S/C15H11F3/c1-2-12(10-6-4-3-5-7-10)15-13(17)8-11(16)9-14(15)18/h2-9,12H,1H2/t12-/m0/s1. The van der Waals surface area contributed by atoms with Crippen molar-refractivity contribution in [2.45, 2.75) is 5.92 Å². The van der Waals surface area contributed by atoms with E-state index in [2.05, 4.69) is 6.58 Å². The van der Waals surface area contributed by atoms with E-state index in [0.29, 0.717) is 17.7 Å². The highest BCUT2D eigenvalue weighted by molar-refractivity contribution is 5.38. The third-order valence-corrected chi connectivity index (χ3v) is 2.75. The Balaban J connectivity index is 2.56. The molecule has 2 aromatic carbocycles. The van der Waals surface area contributed by atoms with E-state index in [9.17, 15) is 13.2 Å². The molecule has 0 radical (unpaired) electrons. The number of hydrogen-bond donors (Lipinski definition) is 0. The zero-order chi connectivity index (χ0) is 13.1. The summed E-state index contributed by atoms with van der Waals surface area (Å²) < 4.78 is 40.3. The molecule has 0 saturated carbocycles. The van der Waals surface area contributed by atoms with E-state index in [-0.39, 0.29) is 5.56 Å². The van der Waals surface area contributed by atoms with Crippen LogP contribution in [-0.2, 0) is 0 Å². The Bertz CT molecular complexity index is 538.